The first kappa shape index (κ1) is 19.2. The third-order valence-electron chi connectivity index (χ3n) is 3.37. The fourth-order valence-electron chi connectivity index (χ4n) is 2.17. The van der Waals surface area contributed by atoms with Gasteiger partial charge in [-0.3, -0.25) is 4.79 Å². The van der Waals surface area contributed by atoms with Crippen molar-refractivity contribution in [2.24, 2.45) is 0 Å². The number of carbonyl (C=O) groups excluding carboxylic acids is 1. The van der Waals surface area contributed by atoms with Gasteiger partial charge >= 0.3 is 0 Å². The Balaban J connectivity index is 1.54. The lowest BCUT2D eigenvalue weighted by atomic mass is 10.2. The standard InChI is InChI=1S/C19H22ClNOS2/c1-15-5-4-6-16(11-15)12-24-14-19(22)21-9-10-23-13-17-7-2-3-8-18(17)20/h2-8,11H,9-10,12-14H2,1H3,(H,21,22). The average molecular weight is 380 g/mol. The Morgan fingerprint density at radius 1 is 1.08 bits per heavy atom. The normalized spacial score (nSPS) is 10.6. The number of hydrogen-bond acceptors (Lipinski definition) is 3. The molecule has 0 aliphatic heterocycles. The molecule has 0 unspecified atom stereocenters. The second-order valence-electron chi connectivity index (χ2n) is 5.48. The first-order valence-corrected chi connectivity index (χ1v) is 10.5. The van der Waals surface area contributed by atoms with Crippen molar-refractivity contribution in [1.82, 2.24) is 5.32 Å². The molecule has 2 aromatic rings. The summed E-state index contributed by atoms with van der Waals surface area (Å²) < 4.78 is 0. The summed E-state index contributed by atoms with van der Waals surface area (Å²) >= 11 is 9.55. The molecule has 0 aromatic heterocycles. The minimum absolute atomic E-state index is 0.103. The molecule has 0 spiro atoms. The molecule has 0 heterocycles. The highest BCUT2D eigenvalue weighted by molar-refractivity contribution is 7.99. The molecule has 0 bridgehead atoms. The summed E-state index contributed by atoms with van der Waals surface area (Å²) in [5.74, 6) is 3.24. The van der Waals surface area contributed by atoms with Crippen molar-refractivity contribution >= 4 is 41.0 Å². The van der Waals surface area contributed by atoms with Gasteiger partial charge in [-0.05, 0) is 24.1 Å². The number of benzene rings is 2. The Kier molecular flexibility index (Phi) is 8.57. The second-order valence-corrected chi connectivity index (χ2v) is 7.97. The van der Waals surface area contributed by atoms with Crippen LogP contribution >= 0.6 is 35.1 Å². The van der Waals surface area contributed by atoms with Crippen molar-refractivity contribution in [3.05, 3.63) is 70.2 Å². The summed E-state index contributed by atoms with van der Waals surface area (Å²) in [7, 11) is 0. The highest BCUT2D eigenvalue weighted by atomic mass is 35.5. The summed E-state index contributed by atoms with van der Waals surface area (Å²) in [6, 6.07) is 16.3. The van der Waals surface area contributed by atoms with Gasteiger partial charge in [0.1, 0.15) is 0 Å². The molecule has 0 saturated heterocycles. The molecule has 0 aliphatic carbocycles. The van der Waals surface area contributed by atoms with E-state index >= 15 is 0 Å². The molecule has 0 aliphatic rings. The number of hydrogen-bond donors (Lipinski definition) is 1. The monoisotopic (exact) mass is 379 g/mol. The van der Waals surface area contributed by atoms with Gasteiger partial charge in [-0.1, -0.05) is 59.6 Å². The molecule has 128 valence electrons. The van der Waals surface area contributed by atoms with E-state index in [0.717, 1.165) is 27.8 Å². The van der Waals surface area contributed by atoms with Crippen LogP contribution in [0, 0.1) is 6.92 Å². The zero-order valence-electron chi connectivity index (χ0n) is 13.8. The topological polar surface area (TPSA) is 29.1 Å². The zero-order chi connectivity index (χ0) is 17.2. The smallest absolute Gasteiger partial charge is 0.230 e. The molecule has 1 amide bonds. The molecule has 2 rings (SSSR count). The summed E-state index contributed by atoms with van der Waals surface area (Å²) in [4.78, 5) is 11.8. The molecule has 0 atom stereocenters. The Morgan fingerprint density at radius 3 is 2.71 bits per heavy atom. The number of aryl methyl sites for hydroxylation is 1. The van der Waals surface area contributed by atoms with Crippen molar-refractivity contribution in [1.29, 1.82) is 0 Å². The van der Waals surface area contributed by atoms with Crippen molar-refractivity contribution in [3.63, 3.8) is 0 Å². The fourth-order valence-corrected chi connectivity index (χ4v) is 4.12. The van der Waals surface area contributed by atoms with Crippen LogP contribution in [0.4, 0.5) is 0 Å². The average Bonchev–Trinajstić information content (AvgIpc) is 2.56. The molecular weight excluding hydrogens is 358 g/mol. The number of amides is 1. The van der Waals surface area contributed by atoms with E-state index in [9.17, 15) is 4.79 Å². The van der Waals surface area contributed by atoms with E-state index in [1.807, 2.05) is 24.3 Å². The third-order valence-corrected chi connectivity index (χ3v) is 5.75. The van der Waals surface area contributed by atoms with Crippen LogP contribution in [0.1, 0.15) is 16.7 Å². The molecule has 24 heavy (non-hydrogen) atoms. The minimum Gasteiger partial charge on any atom is -0.355 e. The van der Waals surface area contributed by atoms with Crippen molar-refractivity contribution in [3.8, 4) is 0 Å². The van der Waals surface area contributed by atoms with Gasteiger partial charge in [-0.15, -0.1) is 11.8 Å². The van der Waals surface area contributed by atoms with Crippen LogP contribution in [-0.4, -0.2) is 24.0 Å². The molecular formula is C19H22ClNOS2. The van der Waals surface area contributed by atoms with Gasteiger partial charge in [0.05, 0.1) is 5.75 Å². The predicted octanol–water partition coefficient (Wildman–Crippen LogP) is 4.93. The zero-order valence-corrected chi connectivity index (χ0v) is 16.1. The maximum Gasteiger partial charge on any atom is 0.230 e. The molecule has 0 saturated carbocycles. The minimum atomic E-state index is 0.103. The molecule has 0 fully saturated rings. The summed E-state index contributed by atoms with van der Waals surface area (Å²) in [5, 5.41) is 3.77. The molecule has 2 nitrogen and oxygen atoms in total. The van der Waals surface area contributed by atoms with Crippen LogP contribution < -0.4 is 5.32 Å². The van der Waals surface area contributed by atoms with Crippen LogP contribution in [-0.2, 0) is 16.3 Å². The third kappa shape index (κ3) is 7.20. The van der Waals surface area contributed by atoms with E-state index in [1.165, 1.54) is 11.1 Å². The SMILES string of the molecule is Cc1cccc(CSCC(=O)NCCSCc2ccccc2Cl)c1. The van der Waals surface area contributed by atoms with Crippen LogP contribution in [0.15, 0.2) is 48.5 Å². The van der Waals surface area contributed by atoms with Gasteiger partial charge in [0, 0.05) is 28.8 Å². The number of rotatable bonds is 9. The number of carbonyl (C=O) groups is 1. The van der Waals surface area contributed by atoms with Crippen LogP contribution in [0.3, 0.4) is 0 Å². The van der Waals surface area contributed by atoms with Gasteiger partial charge in [0.2, 0.25) is 5.91 Å². The quantitative estimate of drug-likeness (QED) is 0.626. The number of nitrogens with one attached hydrogen (secondary N) is 1. The highest BCUT2D eigenvalue weighted by Crippen LogP contribution is 2.20. The first-order chi connectivity index (χ1) is 11.6. The Morgan fingerprint density at radius 2 is 1.92 bits per heavy atom. The lowest BCUT2D eigenvalue weighted by Crippen LogP contribution is -2.27. The predicted molar refractivity (Wildman–Crippen MR) is 108 cm³/mol. The highest BCUT2D eigenvalue weighted by Gasteiger charge is 2.03. The van der Waals surface area contributed by atoms with Gasteiger partial charge < -0.3 is 5.32 Å². The number of halogens is 1. The molecule has 1 N–H and O–H groups in total. The molecule has 0 radical (unpaired) electrons. The van der Waals surface area contributed by atoms with Crippen LogP contribution in [0.5, 0.6) is 0 Å². The first-order valence-electron chi connectivity index (χ1n) is 7.86. The molecule has 2 aromatic carbocycles. The largest absolute Gasteiger partial charge is 0.355 e. The van der Waals surface area contributed by atoms with Gasteiger partial charge in [0.15, 0.2) is 0 Å². The molecule has 5 heteroatoms. The van der Waals surface area contributed by atoms with Crippen LogP contribution in [0.2, 0.25) is 5.02 Å². The summed E-state index contributed by atoms with van der Waals surface area (Å²) in [5.41, 5.74) is 3.67. The summed E-state index contributed by atoms with van der Waals surface area (Å²) in [6.07, 6.45) is 0. The Labute approximate surface area is 157 Å². The maximum absolute atomic E-state index is 11.8. The Hall–Kier alpha value is -1.10. The van der Waals surface area contributed by atoms with Crippen molar-refractivity contribution < 1.29 is 4.79 Å². The van der Waals surface area contributed by atoms with E-state index in [1.54, 1.807) is 23.5 Å². The van der Waals surface area contributed by atoms with E-state index < -0.39 is 0 Å². The van der Waals surface area contributed by atoms with Crippen LogP contribution in [0.25, 0.3) is 0 Å². The van der Waals surface area contributed by atoms with Crippen molar-refractivity contribution in [2.45, 2.75) is 18.4 Å². The summed E-state index contributed by atoms with van der Waals surface area (Å²) in [6.45, 7) is 2.78. The Bertz CT molecular complexity index is 663. The van der Waals surface area contributed by atoms with Gasteiger partial charge in [-0.2, -0.15) is 11.8 Å². The van der Waals surface area contributed by atoms with E-state index in [0.29, 0.717) is 12.3 Å². The second kappa shape index (κ2) is 10.7. The van der Waals surface area contributed by atoms with Crippen molar-refractivity contribution in [2.75, 3.05) is 18.1 Å². The van der Waals surface area contributed by atoms with E-state index in [4.69, 9.17) is 11.6 Å². The van der Waals surface area contributed by atoms with E-state index in [2.05, 4.69) is 36.5 Å². The fraction of sp³-hybridized carbons (Fsp3) is 0.316. The van der Waals surface area contributed by atoms with E-state index in [-0.39, 0.29) is 5.91 Å². The lowest BCUT2D eigenvalue weighted by molar-refractivity contribution is -0.118. The lowest BCUT2D eigenvalue weighted by Gasteiger charge is -2.07. The maximum atomic E-state index is 11.8. The number of thioether (sulfide) groups is 2. The van der Waals surface area contributed by atoms with Gasteiger partial charge in [-0.25, -0.2) is 0 Å². The van der Waals surface area contributed by atoms with Gasteiger partial charge in [0.25, 0.3) is 0 Å².